The van der Waals surface area contributed by atoms with E-state index in [4.69, 9.17) is 0 Å². The average Bonchev–Trinajstić information content (AvgIpc) is 2.85. The molecule has 1 heterocycles. The molecule has 3 heteroatoms. The van der Waals surface area contributed by atoms with Gasteiger partial charge in [0.15, 0.2) is 0 Å². The number of nitrogens with one attached hydrogen (secondary N) is 1. The topological polar surface area (TPSA) is 12.0 Å². The maximum atomic E-state index is 3.72. The van der Waals surface area contributed by atoms with Crippen molar-refractivity contribution in [1.29, 1.82) is 0 Å². The first-order valence-electron chi connectivity index (χ1n) is 7.61. The highest BCUT2D eigenvalue weighted by molar-refractivity contribution is 9.10. The Kier molecular flexibility index (Phi) is 6.46. The Labute approximate surface area is 140 Å². The van der Waals surface area contributed by atoms with Gasteiger partial charge < -0.3 is 5.32 Å². The fraction of sp³-hybridized carbons (Fsp3) is 0.444. The Morgan fingerprint density at radius 2 is 2.00 bits per heavy atom. The standard InChI is InChI=1S/C18H24BrNS/c1-4-8-20-16(12-18-17(19)7-9-21-18)11-15-10-13(2)5-6-14(15)3/h5-7,9-10,16,20H,4,8,11-12H2,1-3H3. The molecule has 1 aromatic heterocycles. The Bertz CT molecular complexity index is 576. The summed E-state index contributed by atoms with van der Waals surface area (Å²) in [5.41, 5.74) is 4.22. The van der Waals surface area contributed by atoms with Crippen LogP contribution in [0.2, 0.25) is 0 Å². The van der Waals surface area contributed by atoms with Crippen LogP contribution in [-0.4, -0.2) is 12.6 Å². The zero-order valence-electron chi connectivity index (χ0n) is 13.1. The van der Waals surface area contributed by atoms with Gasteiger partial charge in [0.05, 0.1) is 0 Å². The number of hydrogen-bond acceptors (Lipinski definition) is 2. The molecule has 0 spiro atoms. The van der Waals surface area contributed by atoms with Crippen molar-refractivity contribution in [2.75, 3.05) is 6.54 Å². The molecule has 0 saturated heterocycles. The predicted octanol–water partition coefficient (Wildman–Crippen LogP) is 5.28. The maximum absolute atomic E-state index is 3.72. The normalized spacial score (nSPS) is 12.6. The summed E-state index contributed by atoms with van der Waals surface area (Å²) in [6.45, 7) is 7.70. The second-order valence-electron chi connectivity index (χ2n) is 5.68. The summed E-state index contributed by atoms with van der Waals surface area (Å²) in [5, 5.41) is 5.88. The molecule has 1 aromatic carbocycles. The maximum Gasteiger partial charge on any atom is 0.0314 e. The van der Waals surface area contributed by atoms with Gasteiger partial charge in [0.25, 0.3) is 0 Å². The molecule has 0 amide bonds. The fourth-order valence-corrected chi connectivity index (χ4v) is 4.14. The van der Waals surface area contributed by atoms with Gasteiger partial charge in [-0.25, -0.2) is 0 Å². The van der Waals surface area contributed by atoms with Crippen LogP contribution in [0.25, 0.3) is 0 Å². The summed E-state index contributed by atoms with van der Waals surface area (Å²) in [4.78, 5) is 1.44. The van der Waals surface area contributed by atoms with Crippen LogP contribution in [-0.2, 0) is 12.8 Å². The molecule has 1 atom stereocenters. The summed E-state index contributed by atoms with van der Waals surface area (Å²) in [6, 6.07) is 9.42. The first-order valence-corrected chi connectivity index (χ1v) is 9.28. The van der Waals surface area contributed by atoms with Gasteiger partial charge in [-0.05, 0) is 78.2 Å². The van der Waals surface area contributed by atoms with Crippen LogP contribution in [0.5, 0.6) is 0 Å². The van der Waals surface area contributed by atoms with E-state index in [1.807, 2.05) is 11.3 Å². The molecule has 0 aliphatic carbocycles. The highest BCUT2D eigenvalue weighted by Gasteiger charge is 2.14. The number of aryl methyl sites for hydroxylation is 2. The molecule has 1 N–H and O–H groups in total. The largest absolute Gasteiger partial charge is 0.313 e. The third-order valence-electron chi connectivity index (χ3n) is 3.78. The Balaban J connectivity index is 2.12. The van der Waals surface area contributed by atoms with Crippen molar-refractivity contribution in [2.24, 2.45) is 0 Å². The lowest BCUT2D eigenvalue weighted by Gasteiger charge is -2.20. The van der Waals surface area contributed by atoms with E-state index in [0.717, 1.165) is 19.4 Å². The molecule has 2 aromatic rings. The van der Waals surface area contributed by atoms with Crippen molar-refractivity contribution in [1.82, 2.24) is 5.32 Å². The molecular formula is C18H24BrNS. The number of thiophene rings is 1. The van der Waals surface area contributed by atoms with Gasteiger partial charge in [-0.15, -0.1) is 11.3 Å². The number of benzene rings is 1. The molecule has 0 radical (unpaired) electrons. The fourth-order valence-electron chi connectivity index (χ4n) is 2.55. The summed E-state index contributed by atoms with van der Waals surface area (Å²) >= 11 is 5.50. The summed E-state index contributed by atoms with van der Waals surface area (Å²) in [6.07, 6.45) is 3.36. The smallest absolute Gasteiger partial charge is 0.0314 e. The molecular weight excluding hydrogens is 342 g/mol. The quantitative estimate of drug-likeness (QED) is 0.703. The van der Waals surface area contributed by atoms with Crippen LogP contribution < -0.4 is 5.32 Å². The van der Waals surface area contributed by atoms with Crippen molar-refractivity contribution in [3.8, 4) is 0 Å². The third kappa shape index (κ3) is 4.94. The minimum Gasteiger partial charge on any atom is -0.313 e. The van der Waals surface area contributed by atoms with Crippen molar-refractivity contribution in [2.45, 2.75) is 46.1 Å². The highest BCUT2D eigenvalue weighted by Crippen LogP contribution is 2.25. The minimum atomic E-state index is 0.500. The molecule has 0 bridgehead atoms. The Hall–Kier alpha value is -0.640. The van der Waals surface area contributed by atoms with E-state index in [-0.39, 0.29) is 0 Å². The third-order valence-corrected chi connectivity index (χ3v) is 5.73. The zero-order chi connectivity index (χ0) is 15.2. The minimum absolute atomic E-state index is 0.500. The highest BCUT2D eigenvalue weighted by atomic mass is 79.9. The lowest BCUT2D eigenvalue weighted by molar-refractivity contribution is 0.506. The summed E-state index contributed by atoms with van der Waals surface area (Å²) in [7, 11) is 0. The van der Waals surface area contributed by atoms with Gasteiger partial charge >= 0.3 is 0 Å². The molecule has 0 aliphatic rings. The molecule has 2 rings (SSSR count). The van der Waals surface area contributed by atoms with E-state index in [1.165, 1.54) is 32.5 Å². The number of halogens is 1. The number of hydrogen-bond donors (Lipinski definition) is 1. The molecule has 1 nitrogen and oxygen atoms in total. The van der Waals surface area contributed by atoms with E-state index < -0.39 is 0 Å². The van der Waals surface area contributed by atoms with Crippen molar-refractivity contribution >= 4 is 27.3 Å². The molecule has 114 valence electrons. The first-order chi connectivity index (χ1) is 10.1. The molecule has 1 unspecified atom stereocenters. The van der Waals surface area contributed by atoms with Crippen LogP contribution >= 0.6 is 27.3 Å². The van der Waals surface area contributed by atoms with E-state index in [0.29, 0.717) is 6.04 Å². The molecule has 0 aliphatic heterocycles. The Morgan fingerprint density at radius 1 is 1.19 bits per heavy atom. The van der Waals surface area contributed by atoms with E-state index in [1.54, 1.807) is 0 Å². The SMILES string of the molecule is CCCNC(Cc1cc(C)ccc1C)Cc1sccc1Br. The van der Waals surface area contributed by atoms with E-state index >= 15 is 0 Å². The van der Waals surface area contributed by atoms with Crippen molar-refractivity contribution in [3.63, 3.8) is 0 Å². The van der Waals surface area contributed by atoms with Crippen LogP contribution in [0, 0.1) is 13.8 Å². The lowest BCUT2D eigenvalue weighted by atomic mass is 9.97. The lowest BCUT2D eigenvalue weighted by Crippen LogP contribution is -2.34. The van der Waals surface area contributed by atoms with Crippen LogP contribution in [0.3, 0.4) is 0 Å². The van der Waals surface area contributed by atoms with Gasteiger partial charge in [0.2, 0.25) is 0 Å². The monoisotopic (exact) mass is 365 g/mol. The van der Waals surface area contributed by atoms with E-state index in [2.05, 4.69) is 71.7 Å². The van der Waals surface area contributed by atoms with Gasteiger partial charge in [-0.3, -0.25) is 0 Å². The second-order valence-corrected chi connectivity index (χ2v) is 7.54. The molecule has 21 heavy (non-hydrogen) atoms. The summed E-state index contributed by atoms with van der Waals surface area (Å²) in [5.74, 6) is 0. The first kappa shape index (κ1) is 16.7. The molecule has 0 fully saturated rings. The van der Waals surface area contributed by atoms with Gasteiger partial charge in [0, 0.05) is 15.4 Å². The number of rotatable bonds is 7. The van der Waals surface area contributed by atoms with Crippen molar-refractivity contribution in [3.05, 3.63) is 55.7 Å². The van der Waals surface area contributed by atoms with Gasteiger partial charge in [-0.1, -0.05) is 30.7 Å². The van der Waals surface area contributed by atoms with E-state index in [9.17, 15) is 0 Å². The second kappa shape index (κ2) is 8.11. The summed E-state index contributed by atoms with van der Waals surface area (Å²) < 4.78 is 1.25. The predicted molar refractivity (Wildman–Crippen MR) is 97.4 cm³/mol. The van der Waals surface area contributed by atoms with Crippen LogP contribution in [0.15, 0.2) is 34.1 Å². The Morgan fingerprint density at radius 3 is 2.67 bits per heavy atom. The average molecular weight is 366 g/mol. The van der Waals surface area contributed by atoms with Crippen molar-refractivity contribution < 1.29 is 0 Å². The van der Waals surface area contributed by atoms with Crippen LogP contribution in [0.1, 0.15) is 34.9 Å². The zero-order valence-corrected chi connectivity index (χ0v) is 15.5. The van der Waals surface area contributed by atoms with Crippen LogP contribution in [0.4, 0.5) is 0 Å². The van der Waals surface area contributed by atoms with Gasteiger partial charge in [0.1, 0.15) is 0 Å². The molecule has 0 saturated carbocycles. The van der Waals surface area contributed by atoms with Gasteiger partial charge in [-0.2, -0.15) is 0 Å².